The Morgan fingerprint density at radius 3 is 2.33 bits per heavy atom. The first-order chi connectivity index (χ1) is 11.4. The lowest BCUT2D eigenvalue weighted by Gasteiger charge is -2.15. The zero-order chi connectivity index (χ0) is 17.5. The second-order valence-corrected chi connectivity index (χ2v) is 5.97. The lowest BCUT2D eigenvalue weighted by Crippen LogP contribution is -2.47. The molecule has 0 heterocycles. The molecule has 2 aromatic rings. The Morgan fingerprint density at radius 1 is 1.08 bits per heavy atom. The van der Waals surface area contributed by atoms with Crippen LogP contribution in [0.5, 0.6) is 5.75 Å². The highest BCUT2D eigenvalue weighted by molar-refractivity contribution is 9.10. The Kier molecular flexibility index (Phi) is 6.31. The second kappa shape index (κ2) is 8.44. The highest BCUT2D eigenvalue weighted by Gasteiger charge is 2.15. The van der Waals surface area contributed by atoms with Crippen LogP contribution in [0.15, 0.2) is 53.0 Å². The van der Waals surface area contributed by atoms with E-state index in [9.17, 15) is 14.0 Å². The van der Waals surface area contributed by atoms with Gasteiger partial charge in [0, 0.05) is 4.47 Å². The van der Waals surface area contributed by atoms with E-state index in [-0.39, 0.29) is 12.2 Å². The third-order valence-electron chi connectivity index (χ3n) is 3.10. The van der Waals surface area contributed by atoms with Gasteiger partial charge in [-0.25, -0.2) is 4.39 Å². The van der Waals surface area contributed by atoms with Crippen molar-refractivity contribution >= 4 is 27.7 Å². The third-order valence-corrected chi connectivity index (χ3v) is 3.63. The first-order valence-corrected chi connectivity index (χ1v) is 7.98. The highest BCUT2D eigenvalue weighted by atomic mass is 79.9. The van der Waals surface area contributed by atoms with E-state index in [1.54, 1.807) is 31.2 Å². The van der Waals surface area contributed by atoms with Crippen molar-refractivity contribution in [3.63, 3.8) is 0 Å². The Hall–Kier alpha value is -2.41. The molecule has 7 heteroatoms. The molecule has 2 N–H and O–H groups in total. The van der Waals surface area contributed by atoms with Crippen molar-refractivity contribution in [1.29, 1.82) is 0 Å². The summed E-state index contributed by atoms with van der Waals surface area (Å²) in [5.74, 6) is -0.721. The molecule has 2 amide bonds. The van der Waals surface area contributed by atoms with Crippen molar-refractivity contribution in [1.82, 2.24) is 10.9 Å². The van der Waals surface area contributed by atoms with E-state index in [0.717, 1.165) is 4.47 Å². The molecule has 0 radical (unpaired) electrons. The molecule has 0 bridgehead atoms. The van der Waals surface area contributed by atoms with Crippen LogP contribution >= 0.6 is 15.9 Å². The van der Waals surface area contributed by atoms with Gasteiger partial charge in [0.1, 0.15) is 11.6 Å². The summed E-state index contributed by atoms with van der Waals surface area (Å²) in [6.07, 6.45) is -0.750. The van der Waals surface area contributed by atoms with Gasteiger partial charge >= 0.3 is 0 Å². The molecule has 0 aliphatic rings. The van der Waals surface area contributed by atoms with Gasteiger partial charge in [-0.3, -0.25) is 20.4 Å². The van der Waals surface area contributed by atoms with Crippen LogP contribution in [0.3, 0.4) is 0 Å². The van der Waals surface area contributed by atoms with Crippen LogP contribution in [0, 0.1) is 5.82 Å². The maximum absolute atomic E-state index is 12.8. The molecule has 2 rings (SSSR count). The van der Waals surface area contributed by atoms with Crippen molar-refractivity contribution in [3.8, 4) is 5.75 Å². The summed E-state index contributed by atoms with van der Waals surface area (Å²) < 4.78 is 19.2. The largest absolute Gasteiger partial charge is 0.481 e. The van der Waals surface area contributed by atoms with Crippen molar-refractivity contribution < 1.29 is 18.7 Å². The summed E-state index contributed by atoms with van der Waals surface area (Å²) in [5, 5.41) is 0. The zero-order valence-corrected chi connectivity index (χ0v) is 14.5. The molecule has 0 aliphatic heterocycles. The molecule has 0 aliphatic carbocycles. The smallest absolute Gasteiger partial charge is 0.279 e. The van der Waals surface area contributed by atoms with Gasteiger partial charge in [0.25, 0.3) is 5.91 Å². The van der Waals surface area contributed by atoms with Gasteiger partial charge in [-0.05, 0) is 48.9 Å². The highest BCUT2D eigenvalue weighted by Crippen LogP contribution is 2.17. The van der Waals surface area contributed by atoms with Crippen LogP contribution in [-0.2, 0) is 16.0 Å². The molecule has 1 atom stereocenters. The lowest BCUT2D eigenvalue weighted by molar-refractivity contribution is -0.132. The maximum atomic E-state index is 12.8. The van der Waals surface area contributed by atoms with Crippen molar-refractivity contribution in [3.05, 3.63) is 64.4 Å². The molecule has 5 nitrogen and oxygen atoms in total. The number of benzene rings is 2. The predicted molar refractivity (Wildman–Crippen MR) is 90.6 cm³/mol. The molecule has 0 saturated heterocycles. The third kappa shape index (κ3) is 5.66. The second-order valence-electron chi connectivity index (χ2n) is 5.05. The molecule has 0 fully saturated rings. The predicted octanol–water partition coefficient (Wildman–Crippen LogP) is 2.75. The number of rotatable bonds is 5. The van der Waals surface area contributed by atoms with Gasteiger partial charge in [-0.1, -0.05) is 28.1 Å². The molecule has 126 valence electrons. The van der Waals surface area contributed by atoms with E-state index in [0.29, 0.717) is 11.3 Å². The number of amides is 2. The van der Waals surface area contributed by atoms with Gasteiger partial charge in [0.15, 0.2) is 6.10 Å². The topological polar surface area (TPSA) is 67.4 Å². The van der Waals surface area contributed by atoms with Gasteiger partial charge in [0.05, 0.1) is 6.42 Å². The Labute approximate surface area is 147 Å². The number of hydrogen-bond acceptors (Lipinski definition) is 3. The van der Waals surface area contributed by atoms with E-state index >= 15 is 0 Å². The maximum Gasteiger partial charge on any atom is 0.279 e. The lowest BCUT2D eigenvalue weighted by atomic mass is 10.1. The molecular formula is C17H16BrFN2O3. The first kappa shape index (κ1) is 17.9. The molecule has 0 aromatic heterocycles. The molecule has 0 unspecified atom stereocenters. The van der Waals surface area contributed by atoms with E-state index in [4.69, 9.17) is 4.74 Å². The van der Waals surface area contributed by atoms with Crippen molar-refractivity contribution in [2.24, 2.45) is 0 Å². The van der Waals surface area contributed by atoms with Gasteiger partial charge in [-0.2, -0.15) is 0 Å². The average Bonchev–Trinajstić information content (AvgIpc) is 2.57. The number of carbonyl (C=O) groups is 2. The number of hydrogen-bond donors (Lipinski definition) is 2. The fourth-order valence-corrected chi connectivity index (χ4v) is 2.10. The van der Waals surface area contributed by atoms with Crippen LogP contribution in [0.4, 0.5) is 4.39 Å². The van der Waals surface area contributed by atoms with Crippen LogP contribution in [-0.4, -0.2) is 17.9 Å². The molecule has 0 saturated carbocycles. The monoisotopic (exact) mass is 394 g/mol. The number of carbonyl (C=O) groups excluding carboxylic acids is 2. The molecule has 0 spiro atoms. The minimum Gasteiger partial charge on any atom is -0.481 e. The van der Waals surface area contributed by atoms with Crippen molar-refractivity contribution in [2.45, 2.75) is 19.4 Å². The van der Waals surface area contributed by atoms with Gasteiger partial charge in [-0.15, -0.1) is 0 Å². The van der Waals surface area contributed by atoms with Crippen LogP contribution in [0.25, 0.3) is 0 Å². The number of ether oxygens (including phenoxy) is 1. The standard InChI is InChI=1S/C17H16BrFN2O3/c1-11(24-15-8-4-13(18)5-9-15)17(23)21-20-16(22)10-12-2-6-14(19)7-3-12/h2-9,11H,10H2,1H3,(H,20,22)(H,21,23)/t11-/m0/s1. The van der Waals surface area contributed by atoms with Gasteiger partial charge in [0.2, 0.25) is 5.91 Å². The Bertz CT molecular complexity index is 705. The van der Waals surface area contributed by atoms with Crippen molar-refractivity contribution in [2.75, 3.05) is 0 Å². The van der Waals surface area contributed by atoms with E-state index in [1.807, 2.05) is 0 Å². The van der Waals surface area contributed by atoms with E-state index in [2.05, 4.69) is 26.8 Å². The quantitative estimate of drug-likeness (QED) is 0.766. The number of nitrogens with one attached hydrogen (secondary N) is 2. The molecular weight excluding hydrogens is 379 g/mol. The zero-order valence-electron chi connectivity index (χ0n) is 12.9. The Balaban J connectivity index is 1.77. The minimum absolute atomic E-state index is 0.0303. The van der Waals surface area contributed by atoms with Crippen LogP contribution in [0.2, 0.25) is 0 Å². The van der Waals surface area contributed by atoms with E-state index in [1.165, 1.54) is 24.3 Å². The summed E-state index contributed by atoms with van der Waals surface area (Å²) in [6.45, 7) is 1.57. The van der Waals surface area contributed by atoms with Gasteiger partial charge < -0.3 is 4.74 Å². The summed E-state index contributed by atoms with van der Waals surface area (Å²) in [4.78, 5) is 23.7. The normalized spacial score (nSPS) is 11.5. The summed E-state index contributed by atoms with van der Waals surface area (Å²) in [6, 6.07) is 12.6. The molecule has 2 aromatic carbocycles. The fraction of sp³-hybridized carbons (Fsp3) is 0.176. The minimum atomic E-state index is -0.780. The van der Waals surface area contributed by atoms with Crippen LogP contribution in [0.1, 0.15) is 12.5 Å². The first-order valence-electron chi connectivity index (χ1n) is 7.19. The fourth-order valence-electron chi connectivity index (χ4n) is 1.84. The molecule has 24 heavy (non-hydrogen) atoms. The average molecular weight is 395 g/mol. The number of halogens is 2. The SMILES string of the molecule is C[C@H](Oc1ccc(Br)cc1)C(=O)NNC(=O)Cc1ccc(F)cc1. The summed E-state index contributed by atoms with van der Waals surface area (Å²) >= 11 is 3.31. The summed E-state index contributed by atoms with van der Waals surface area (Å²) in [5.41, 5.74) is 5.24. The number of hydrazine groups is 1. The van der Waals surface area contributed by atoms with Crippen LogP contribution < -0.4 is 15.6 Å². The Morgan fingerprint density at radius 2 is 1.71 bits per heavy atom. The van der Waals surface area contributed by atoms with E-state index < -0.39 is 17.9 Å². The summed E-state index contributed by atoms with van der Waals surface area (Å²) in [7, 11) is 0.